The smallest absolute Gasteiger partial charge is 0.255 e. The molecule has 30 heavy (non-hydrogen) atoms. The number of carbonyl (C=O) groups excluding carboxylic acids is 2. The normalized spacial score (nSPS) is 11.0. The molecule has 0 atom stereocenters. The first kappa shape index (κ1) is 21.3. The zero-order valence-corrected chi connectivity index (χ0v) is 17.5. The Labute approximate surface area is 180 Å². The van der Waals surface area contributed by atoms with E-state index in [0.717, 1.165) is 10.5 Å². The second-order valence-corrected chi connectivity index (χ2v) is 7.71. The van der Waals surface area contributed by atoms with Crippen LogP contribution < -0.4 is 10.7 Å². The molecule has 0 aliphatic carbocycles. The highest BCUT2D eigenvalue weighted by atomic mass is 32.2. The zero-order chi connectivity index (χ0) is 21.2. The van der Waals surface area contributed by atoms with Crippen LogP contribution in [0.25, 0.3) is 0 Å². The van der Waals surface area contributed by atoms with E-state index in [-0.39, 0.29) is 11.8 Å². The third-order valence-corrected chi connectivity index (χ3v) is 5.28. The van der Waals surface area contributed by atoms with Gasteiger partial charge in [0.1, 0.15) is 0 Å². The molecule has 0 saturated carbocycles. The van der Waals surface area contributed by atoms with Crippen LogP contribution in [0.4, 0.5) is 5.69 Å². The van der Waals surface area contributed by atoms with Gasteiger partial charge in [-0.1, -0.05) is 48.5 Å². The lowest BCUT2D eigenvalue weighted by Crippen LogP contribution is -2.19. The summed E-state index contributed by atoms with van der Waals surface area (Å²) in [4.78, 5) is 25.5. The summed E-state index contributed by atoms with van der Waals surface area (Å²) in [7, 11) is 0. The van der Waals surface area contributed by atoms with E-state index < -0.39 is 0 Å². The summed E-state index contributed by atoms with van der Waals surface area (Å²) >= 11 is 1.64. The number of hydrazone groups is 1. The van der Waals surface area contributed by atoms with E-state index in [0.29, 0.717) is 29.1 Å². The largest absolute Gasteiger partial charge is 0.322 e. The van der Waals surface area contributed by atoms with Crippen LogP contribution in [0.2, 0.25) is 0 Å². The predicted octanol–water partition coefficient (Wildman–Crippen LogP) is 4.96. The van der Waals surface area contributed by atoms with E-state index in [1.54, 1.807) is 23.9 Å². The summed E-state index contributed by atoms with van der Waals surface area (Å²) in [5.41, 5.74) is 5.34. The van der Waals surface area contributed by atoms with Crippen molar-refractivity contribution in [3.05, 3.63) is 96.1 Å². The lowest BCUT2D eigenvalue weighted by atomic mass is 10.1. The maximum Gasteiger partial charge on any atom is 0.255 e. The van der Waals surface area contributed by atoms with Crippen LogP contribution in [-0.2, 0) is 4.79 Å². The highest BCUT2D eigenvalue weighted by Gasteiger charge is 2.07. The summed E-state index contributed by atoms with van der Waals surface area (Å²) in [5, 5.41) is 7.07. The van der Waals surface area contributed by atoms with Crippen LogP contribution in [0.5, 0.6) is 0 Å². The fraction of sp³-hybridized carbons (Fsp3) is 0.125. The van der Waals surface area contributed by atoms with Crippen molar-refractivity contribution in [3.63, 3.8) is 0 Å². The molecule has 5 nitrogen and oxygen atoms in total. The summed E-state index contributed by atoms with van der Waals surface area (Å²) in [6.45, 7) is 1.82. The monoisotopic (exact) mass is 417 g/mol. The van der Waals surface area contributed by atoms with Gasteiger partial charge in [-0.05, 0) is 48.9 Å². The first-order valence-electron chi connectivity index (χ1n) is 9.59. The third kappa shape index (κ3) is 6.60. The second kappa shape index (κ2) is 11.0. The highest BCUT2D eigenvalue weighted by molar-refractivity contribution is 7.99. The molecule has 0 saturated heterocycles. The first-order valence-corrected chi connectivity index (χ1v) is 10.6. The van der Waals surface area contributed by atoms with Gasteiger partial charge in [-0.3, -0.25) is 9.59 Å². The molecule has 0 spiro atoms. The van der Waals surface area contributed by atoms with Gasteiger partial charge in [0.05, 0.1) is 5.71 Å². The highest BCUT2D eigenvalue weighted by Crippen LogP contribution is 2.17. The van der Waals surface area contributed by atoms with E-state index in [9.17, 15) is 9.59 Å². The SMILES string of the molecule is C/C(=N\NC(=O)CCSc1ccccc1)c1cccc(NC(=O)c2ccccc2)c1. The number of benzene rings is 3. The molecule has 0 aliphatic rings. The Balaban J connectivity index is 1.52. The van der Waals surface area contributed by atoms with Crippen molar-refractivity contribution in [1.29, 1.82) is 0 Å². The molecular formula is C24H23N3O2S. The molecule has 152 valence electrons. The number of hydrogen-bond donors (Lipinski definition) is 2. The van der Waals surface area contributed by atoms with Gasteiger partial charge in [0.15, 0.2) is 0 Å². The fourth-order valence-electron chi connectivity index (χ4n) is 2.66. The van der Waals surface area contributed by atoms with Crippen molar-refractivity contribution in [1.82, 2.24) is 5.43 Å². The second-order valence-electron chi connectivity index (χ2n) is 6.54. The van der Waals surface area contributed by atoms with Crippen LogP contribution in [0.3, 0.4) is 0 Å². The number of nitrogens with zero attached hydrogens (tertiary/aromatic N) is 1. The Hall–Kier alpha value is -3.38. The standard InChI is InChI=1S/C24H23N3O2S/c1-18(26-27-23(28)15-16-30-22-13-6-3-7-14-22)20-11-8-12-21(17-20)25-24(29)19-9-4-2-5-10-19/h2-14,17H,15-16H2,1H3,(H,25,29)(H,27,28)/b26-18+. The van der Waals surface area contributed by atoms with Crippen LogP contribution in [-0.4, -0.2) is 23.3 Å². The van der Waals surface area contributed by atoms with E-state index in [2.05, 4.69) is 15.8 Å². The fourth-order valence-corrected chi connectivity index (χ4v) is 3.53. The van der Waals surface area contributed by atoms with Crippen molar-refractivity contribution in [2.75, 3.05) is 11.1 Å². The van der Waals surface area contributed by atoms with Crippen molar-refractivity contribution >= 4 is 35.0 Å². The van der Waals surface area contributed by atoms with Gasteiger partial charge in [-0.25, -0.2) is 5.43 Å². The Bertz CT molecular complexity index is 1020. The molecule has 2 N–H and O–H groups in total. The van der Waals surface area contributed by atoms with Crippen molar-refractivity contribution in [2.24, 2.45) is 5.10 Å². The van der Waals surface area contributed by atoms with Gasteiger partial charge in [0.2, 0.25) is 5.91 Å². The molecule has 0 radical (unpaired) electrons. The summed E-state index contributed by atoms with van der Waals surface area (Å²) in [6, 6.07) is 26.4. The van der Waals surface area contributed by atoms with Gasteiger partial charge in [-0.2, -0.15) is 5.10 Å². The van der Waals surface area contributed by atoms with E-state index in [1.807, 2.05) is 79.7 Å². The van der Waals surface area contributed by atoms with Gasteiger partial charge in [-0.15, -0.1) is 11.8 Å². The van der Waals surface area contributed by atoms with Crippen molar-refractivity contribution < 1.29 is 9.59 Å². The predicted molar refractivity (Wildman–Crippen MR) is 123 cm³/mol. The Morgan fingerprint density at radius 3 is 2.27 bits per heavy atom. The Kier molecular flexibility index (Phi) is 7.80. The van der Waals surface area contributed by atoms with Crippen LogP contribution in [0.15, 0.2) is 94.9 Å². The van der Waals surface area contributed by atoms with Gasteiger partial charge < -0.3 is 5.32 Å². The van der Waals surface area contributed by atoms with Crippen LogP contribution in [0.1, 0.15) is 29.3 Å². The summed E-state index contributed by atoms with van der Waals surface area (Å²) < 4.78 is 0. The maximum atomic E-state index is 12.3. The minimum absolute atomic E-state index is 0.133. The van der Waals surface area contributed by atoms with Gasteiger partial charge in [0, 0.05) is 28.3 Å². The number of anilines is 1. The van der Waals surface area contributed by atoms with Crippen LogP contribution >= 0.6 is 11.8 Å². The number of hydrogen-bond acceptors (Lipinski definition) is 4. The van der Waals surface area contributed by atoms with E-state index in [1.165, 1.54) is 0 Å². The Morgan fingerprint density at radius 1 is 0.867 bits per heavy atom. The number of thioether (sulfide) groups is 1. The molecule has 6 heteroatoms. The van der Waals surface area contributed by atoms with Gasteiger partial charge >= 0.3 is 0 Å². The summed E-state index contributed by atoms with van der Waals surface area (Å²) in [6.07, 6.45) is 0.378. The lowest BCUT2D eigenvalue weighted by molar-refractivity contribution is -0.120. The van der Waals surface area contributed by atoms with Gasteiger partial charge in [0.25, 0.3) is 5.91 Å². The molecule has 0 heterocycles. The average Bonchev–Trinajstić information content (AvgIpc) is 2.79. The molecule has 0 aromatic heterocycles. The van der Waals surface area contributed by atoms with E-state index in [4.69, 9.17) is 0 Å². The molecule has 0 fully saturated rings. The molecule has 3 aromatic rings. The number of nitrogens with one attached hydrogen (secondary N) is 2. The number of amides is 2. The molecule has 2 amide bonds. The molecule has 0 bridgehead atoms. The summed E-state index contributed by atoms with van der Waals surface area (Å²) in [5.74, 6) is 0.378. The molecule has 3 rings (SSSR count). The molecular weight excluding hydrogens is 394 g/mol. The average molecular weight is 418 g/mol. The molecule has 3 aromatic carbocycles. The first-order chi connectivity index (χ1) is 14.6. The van der Waals surface area contributed by atoms with Crippen molar-refractivity contribution in [3.8, 4) is 0 Å². The molecule has 0 unspecified atom stereocenters. The minimum atomic E-state index is -0.174. The van der Waals surface area contributed by atoms with E-state index >= 15 is 0 Å². The minimum Gasteiger partial charge on any atom is -0.322 e. The maximum absolute atomic E-state index is 12.3. The quantitative estimate of drug-likeness (QED) is 0.309. The lowest BCUT2D eigenvalue weighted by Gasteiger charge is -2.08. The molecule has 0 aliphatic heterocycles. The number of carbonyl (C=O) groups is 2. The third-order valence-electron chi connectivity index (χ3n) is 4.26. The topological polar surface area (TPSA) is 70.6 Å². The van der Waals surface area contributed by atoms with Crippen LogP contribution in [0, 0.1) is 0 Å². The number of rotatable bonds is 8. The van der Waals surface area contributed by atoms with Crippen molar-refractivity contribution in [2.45, 2.75) is 18.2 Å². The zero-order valence-electron chi connectivity index (χ0n) is 16.7. The Morgan fingerprint density at radius 2 is 1.53 bits per heavy atom.